The molecule has 0 spiro atoms. The SMILES string of the molecule is Fc1ccc(F)c(COC2=CCCC=C2Cl)c1. The molecule has 1 nitrogen and oxygen atoms in total. The second-order valence-corrected chi connectivity index (χ2v) is 4.13. The van der Waals surface area contributed by atoms with Gasteiger partial charge in [0.1, 0.15) is 24.0 Å². The predicted octanol–water partition coefficient (Wildman–Crippen LogP) is 4.28. The highest BCUT2D eigenvalue weighted by Crippen LogP contribution is 2.24. The van der Waals surface area contributed by atoms with Gasteiger partial charge in [0.2, 0.25) is 0 Å². The van der Waals surface area contributed by atoms with Crippen LogP contribution in [0.15, 0.2) is 41.1 Å². The summed E-state index contributed by atoms with van der Waals surface area (Å²) in [4.78, 5) is 0. The lowest BCUT2D eigenvalue weighted by Crippen LogP contribution is -1.99. The number of benzene rings is 1. The minimum atomic E-state index is -0.483. The Morgan fingerprint density at radius 2 is 1.94 bits per heavy atom. The first-order valence-corrected chi connectivity index (χ1v) is 5.67. The minimum Gasteiger partial charge on any atom is -0.488 e. The Balaban J connectivity index is 2.05. The highest BCUT2D eigenvalue weighted by atomic mass is 35.5. The zero-order valence-electron chi connectivity index (χ0n) is 9.05. The van der Waals surface area contributed by atoms with Crippen molar-refractivity contribution in [1.29, 1.82) is 0 Å². The van der Waals surface area contributed by atoms with E-state index in [1.54, 1.807) is 0 Å². The van der Waals surface area contributed by atoms with Gasteiger partial charge in [0.25, 0.3) is 0 Å². The van der Waals surface area contributed by atoms with E-state index in [1.165, 1.54) is 0 Å². The molecule has 0 unspecified atom stereocenters. The monoisotopic (exact) mass is 256 g/mol. The predicted molar refractivity (Wildman–Crippen MR) is 62.4 cm³/mol. The summed E-state index contributed by atoms with van der Waals surface area (Å²) in [6.45, 7) is -0.0283. The fraction of sp³-hybridized carbons (Fsp3) is 0.231. The normalized spacial score (nSPS) is 15.2. The summed E-state index contributed by atoms with van der Waals surface area (Å²) in [6.07, 6.45) is 5.41. The number of rotatable bonds is 3. The maximum Gasteiger partial charge on any atom is 0.134 e. The topological polar surface area (TPSA) is 9.23 Å². The number of allylic oxidation sites excluding steroid dienone is 3. The summed E-state index contributed by atoms with van der Waals surface area (Å²) in [7, 11) is 0. The molecule has 0 atom stereocenters. The zero-order valence-corrected chi connectivity index (χ0v) is 9.81. The molecule has 0 aromatic heterocycles. The van der Waals surface area contributed by atoms with Crippen molar-refractivity contribution >= 4 is 11.6 Å². The zero-order chi connectivity index (χ0) is 12.3. The van der Waals surface area contributed by atoms with E-state index in [1.807, 2.05) is 12.2 Å². The largest absolute Gasteiger partial charge is 0.488 e. The third-order valence-corrected chi connectivity index (χ3v) is 2.79. The van der Waals surface area contributed by atoms with Crippen molar-refractivity contribution in [3.63, 3.8) is 0 Å². The molecule has 0 radical (unpaired) electrons. The molecule has 0 saturated heterocycles. The van der Waals surface area contributed by atoms with Gasteiger partial charge >= 0.3 is 0 Å². The Hall–Kier alpha value is -1.35. The molecule has 0 saturated carbocycles. The van der Waals surface area contributed by atoms with Crippen LogP contribution in [0, 0.1) is 11.6 Å². The summed E-state index contributed by atoms with van der Waals surface area (Å²) in [5.41, 5.74) is 0.181. The third-order valence-electron chi connectivity index (χ3n) is 2.45. The van der Waals surface area contributed by atoms with Crippen molar-refractivity contribution in [2.75, 3.05) is 0 Å². The van der Waals surface area contributed by atoms with Crippen molar-refractivity contribution in [1.82, 2.24) is 0 Å². The molecule has 1 aliphatic rings. The molecule has 0 fully saturated rings. The third kappa shape index (κ3) is 3.07. The van der Waals surface area contributed by atoms with E-state index in [-0.39, 0.29) is 12.2 Å². The van der Waals surface area contributed by atoms with Crippen molar-refractivity contribution in [2.24, 2.45) is 0 Å². The second kappa shape index (κ2) is 5.32. The molecule has 4 heteroatoms. The molecule has 17 heavy (non-hydrogen) atoms. The van der Waals surface area contributed by atoms with Crippen LogP contribution in [0.25, 0.3) is 0 Å². The lowest BCUT2D eigenvalue weighted by Gasteiger charge is -2.13. The standard InChI is InChI=1S/C13H11ClF2O/c14-11-3-1-2-4-13(11)17-8-9-7-10(15)5-6-12(9)16/h3-7H,1-2,8H2. The van der Waals surface area contributed by atoms with Crippen molar-refractivity contribution in [3.05, 3.63) is 58.3 Å². The summed E-state index contributed by atoms with van der Waals surface area (Å²) >= 11 is 5.92. The Morgan fingerprint density at radius 3 is 2.71 bits per heavy atom. The molecule has 90 valence electrons. The van der Waals surface area contributed by atoms with Crippen LogP contribution in [0.5, 0.6) is 0 Å². The molecular weight excluding hydrogens is 246 g/mol. The lowest BCUT2D eigenvalue weighted by atomic mass is 10.1. The van der Waals surface area contributed by atoms with Crippen LogP contribution in [0.4, 0.5) is 8.78 Å². The van der Waals surface area contributed by atoms with Gasteiger partial charge in [-0.15, -0.1) is 0 Å². The molecule has 0 bridgehead atoms. The van der Waals surface area contributed by atoms with Crippen LogP contribution < -0.4 is 0 Å². The van der Waals surface area contributed by atoms with Gasteiger partial charge in [0.15, 0.2) is 0 Å². The van der Waals surface area contributed by atoms with E-state index in [0.29, 0.717) is 10.8 Å². The number of hydrogen-bond acceptors (Lipinski definition) is 1. The number of hydrogen-bond donors (Lipinski definition) is 0. The van der Waals surface area contributed by atoms with Crippen molar-refractivity contribution in [3.8, 4) is 0 Å². The van der Waals surface area contributed by atoms with Gasteiger partial charge in [-0.25, -0.2) is 8.78 Å². The minimum absolute atomic E-state index is 0.0283. The molecule has 0 heterocycles. The molecule has 0 amide bonds. The van der Waals surface area contributed by atoms with Gasteiger partial charge in [-0.3, -0.25) is 0 Å². The summed E-state index contributed by atoms with van der Waals surface area (Å²) in [5, 5.41) is 0.521. The van der Waals surface area contributed by atoms with Gasteiger partial charge in [-0.1, -0.05) is 17.7 Å². The first kappa shape index (κ1) is 12.1. The Morgan fingerprint density at radius 1 is 1.18 bits per heavy atom. The van der Waals surface area contributed by atoms with E-state index >= 15 is 0 Å². The first-order chi connectivity index (χ1) is 8.16. The Kier molecular flexibility index (Phi) is 3.79. The summed E-state index contributed by atoms with van der Waals surface area (Å²) in [5.74, 6) is -0.436. The van der Waals surface area contributed by atoms with Crippen LogP contribution in [-0.4, -0.2) is 0 Å². The Labute approximate surface area is 103 Å². The van der Waals surface area contributed by atoms with Crippen molar-refractivity contribution < 1.29 is 13.5 Å². The average molecular weight is 257 g/mol. The van der Waals surface area contributed by atoms with Gasteiger partial charge in [-0.05, 0) is 37.1 Å². The van der Waals surface area contributed by atoms with E-state index in [2.05, 4.69) is 0 Å². The second-order valence-electron chi connectivity index (χ2n) is 3.72. The van der Waals surface area contributed by atoms with Crippen molar-refractivity contribution in [2.45, 2.75) is 19.4 Å². The van der Waals surface area contributed by atoms with E-state index in [4.69, 9.17) is 16.3 Å². The molecule has 1 aromatic rings. The van der Waals surface area contributed by atoms with Crippen LogP contribution >= 0.6 is 11.6 Å². The Bertz CT molecular complexity index is 480. The number of halogens is 3. The van der Waals surface area contributed by atoms with Gasteiger partial charge < -0.3 is 4.74 Å². The summed E-state index contributed by atoms with van der Waals surface area (Å²) < 4.78 is 31.6. The number of ether oxygens (including phenoxy) is 1. The fourth-order valence-electron chi connectivity index (χ4n) is 1.56. The molecule has 2 rings (SSSR count). The summed E-state index contributed by atoms with van der Waals surface area (Å²) in [6, 6.07) is 3.28. The van der Waals surface area contributed by atoms with E-state index in [9.17, 15) is 8.78 Å². The van der Waals surface area contributed by atoms with Gasteiger partial charge in [-0.2, -0.15) is 0 Å². The molecule has 1 aromatic carbocycles. The quantitative estimate of drug-likeness (QED) is 0.784. The molecular formula is C13H11ClF2O. The van der Waals surface area contributed by atoms with Crippen LogP contribution in [0.1, 0.15) is 18.4 Å². The highest BCUT2D eigenvalue weighted by Gasteiger charge is 2.10. The van der Waals surface area contributed by atoms with E-state index in [0.717, 1.165) is 31.0 Å². The van der Waals surface area contributed by atoms with Gasteiger partial charge in [0, 0.05) is 5.56 Å². The average Bonchev–Trinajstić information content (AvgIpc) is 2.32. The van der Waals surface area contributed by atoms with E-state index < -0.39 is 11.6 Å². The lowest BCUT2D eigenvalue weighted by molar-refractivity contribution is 0.203. The highest BCUT2D eigenvalue weighted by molar-refractivity contribution is 6.31. The van der Waals surface area contributed by atoms with Gasteiger partial charge in [0.05, 0.1) is 5.03 Å². The fourth-order valence-corrected chi connectivity index (χ4v) is 1.80. The molecule has 1 aliphatic carbocycles. The maximum atomic E-state index is 13.3. The molecule has 0 N–H and O–H groups in total. The molecule has 0 aliphatic heterocycles. The first-order valence-electron chi connectivity index (χ1n) is 5.30. The maximum absolute atomic E-state index is 13.3. The van der Waals surface area contributed by atoms with Crippen LogP contribution in [0.3, 0.4) is 0 Å². The smallest absolute Gasteiger partial charge is 0.134 e. The van der Waals surface area contributed by atoms with Crippen LogP contribution in [-0.2, 0) is 11.3 Å². The van der Waals surface area contributed by atoms with Crippen LogP contribution in [0.2, 0.25) is 0 Å².